The minimum absolute atomic E-state index is 0.210. The Bertz CT molecular complexity index is 895. The highest BCUT2D eigenvalue weighted by atomic mass is 16.5. The van der Waals surface area contributed by atoms with Crippen molar-refractivity contribution in [2.45, 2.75) is 12.8 Å². The highest BCUT2D eigenvalue weighted by molar-refractivity contribution is 6.39. The van der Waals surface area contributed by atoms with E-state index in [4.69, 9.17) is 4.42 Å². The maximum atomic E-state index is 11.9. The lowest BCUT2D eigenvalue weighted by atomic mass is 9.97. The first kappa shape index (κ1) is 17.1. The second-order valence-corrected chi connectivity index (χ2v) is 6.44. The van der Waals surface area contributed by atoms with Crippen molar-refractivity contribution in [2.24, 2.45) is 5.92 Å². The van der Waals surface area contributed by atoms with Gasteiger partial charge in [-0.25, -0.2) is 0 Å². The summed E-state index contributed by atoms with van der Waals surface area (Å²) in [5, 5.41) is 8.57. The van der Waals surface area contributed by atoms with E-state index in [0.29, 0.717) is 18.5 Å². The Hall–Kier alpha value is -3.36. The number of amides is 2. The van der Waals surface area contributed by atoms with Crippen LogP contribution in [-0.2, 0) is 9.59 Å². The zero-order chi connectivity index (χ0) is 18.6. The van der Waals surface area contributed by atoms with Crippen LogP contribution < -0.4 is 15.5 Å². The Morgan fingerprint density at radius 3 is 2.70 bits per heavy atom. The van der Waals surface area contributed by atoms with E-state index in [1.54, 1.807) is 0 Å². The molecule has 2 amide bonds. The van der Waals surface area contributed by atoms with Gasteiger partial charge in [0, 0.05) is 25.7 Å². The van der Waals surface area contributed by atoms with E-state index in [1.165, 1.54) is 12.3 Å². The minimum atomic E-state index is -0.757. The van der Waals surface area contributed by atoms with Crippen molar-refractivity contribution in [3.05, 3.63) is 36.6 Å². The summed E-state index contributed by atoms with van der Waals surface area (Å²) < 4.78 is 10.4. The zero-order valence-electron chi connectivity index (χ0n) is 14.6. The Morgan fingerprint density at radius 1 is 1.15 bits per heavy atom. The van der Waals surface area contributed by atoms with Crippen LogP contribution in [0.15, 0.2) is 45.5 Å². The Kier molecular flexibility index (Phi) is 4.73. The molecule has 9 heteroatoms. The molecule has 4 rings (SSSR count). The largest absolute Gasteiger partial charge is 0.423 e. The van der Waals surface area contributed by atoms with Crippen LogP contribution in [0.3, 0.4) is 0 Å². The molecule has 1 fully saturated rings. The number of aromatic nitrogens is 2. The maximum absolute atomic E-state index is 11.9. The van der Waals surface area contributed by atoms with Crippen LogP contribution in [0.25, 0.3) is 11.1 Å². The molecule has 1 aromatic carbocycles. The Morgan fingerprint density at radius 2 is 1.96 bits per heavy atom. The van der Waals surface area contributed by atoms with E-state index in [9.17, 15) is 9.59 Å². The summed E-state index contributed by atoms with van der Waals surface area (Å²) in [6.45, 7) is 2.03. The lowest BCUT2D eigenvalue weighted by Gasteiger charge is -2.30. The molecule has 2 N–H and O–H groups in total. The number of rotatable bonds is 4. The van der Waals surface area contributed by atoms with Gasteiger partial charge in [-0.1, -0.05) is 17.3 Å². The molecule has 140 valence electrons. The number of nitrogens with zero attached hydrogens (tertiary/aromatic N) is 3. The zero-order valence-corrected chi connectivity index (χ0v) is 14.6. The second kappa shape index (κ2) is 7.48. The fourth-order valence-corrected chi connectivity index (χ4v) is 3.09. The van der Waals surface area contributed by atoms with Crippen molar-refractivity contribution < 1.29 is 18.5 Å². The molecule has 2 aromatic heterocycles. The van der Waals surface area contributed by atoms with E-state index in [1.807, 2.05) is 24.3 Å². The molecule has 3 heterocycles. The lowest BCUT2D eigenvalue weighted by molar-refractivity contribution is -0.136. The van der Waals surface area contributed by atoms with Crippen LogP contribution in [-0.4, -0.2) is 41.6 Å². The average molecular weight is 369 g/mol. The molecular formula is C18H19N5O4. The monoisotopic (exact) mass is 369 g/mol. The predicted octanol–water partition coefficient (Wildman–Crippen LogP) is 1.79. The van der Waals surface area contributed by atoms with Crippen molar-refractivity contribution >= 4 is 34.7 Å². The summed E-state index contributed by atoms with van der Waals surface area (Å²) in [6, 6.07) is 9.78. The van der Waals surface area contributed by atoms with Crippen molar-refractivity contribution in [2.75, 3.05) is 29.9 Å². The molecule has 9 nitrogen and oxygen atoms in total. The maximum Gasteiger partial charge on any atom is 0.314 e. The third kappa shape index (κ3) is 3.91. The number of para-hydroxylation sites is 2. The number of carbonyl (C=O) groups excluding carboxylic acids is 2. The molecule has 3 aromatic rings. The molecule has 1 saturated heterocycles. The number of benzene rings is 1. The van der Waals surface area contributed by atoms with Gasteiger partial charge in [-0.2, -0.15) is 4.98 Å². The van der Waals surface area contributed by atoms with Gasteiger partial charge in [0.15, 0.2) is 11.4 Å². The molecule has 27 heavy (non-hydrogen) atoms. The van der Waals surface area contributed by atoms with Gasteiger partial charge in [0.2, 0.25) is 0 Å². The Balaban J connectivity index is 1.24. The highest BCUT2D eigenvalue weighted by Crippen LogP contribution is 2.26. The van der Waals surface area contributed by atoms with Crippen molar-refractivity contribution in [3.8, 4) is 0 Å². The first-order chi connectivity index (χ1) is 13.2. The van der Waals surface area contributed by atoms with Gasteiger partial charge in [-0.15, -0.1) is 0 Å². The smallest absolute Gasteiger partial charge is 0.314 e. The molecule has 0 aliphatic carbocycles. The van der Waals surface area contributed by atoms with E-state index in [2.05, 4.69) is 30.2 Å². The summed E-state index contributed by atoms with van der Waals surface area (Å²) in [5.41, 5.74) is 1.63. The number of hydrogen-bond donors (Lipinski definition) is 2. The summed E-state index contributed by atoms with van der Waals surface area (Å²) in [5.74, 6) is -0.927. The van der Waals surface area contributed by atoms with Crippen molar-refractivity contribution in [1.29, 1.82) is 0 Å². The highest BCUT2D eigenvalue weighted by Gasteiger charge is 2.24. The third-order valence-electron chi connectivity index (χ3n) is 4.60. The van der Waals surface area contributed by atoms with Gasteiger partial charge < -0.3 is 19.2 Å². The molecular weight excluding hydrogens is 350 g/mol. The molecule has 0 atom stereocenters. The van der Waals surface area contributed by atoms with Gasteiger partial charge in [0.1, 0.15) is 11.8 Å². The molecule has 1 aliphatic rings. The molecule has 0 radical (unpaired) electrons. The normalized spacial score (nSPS) is 15.0. The fraction of sp³-hybridized carbons (Fsp3) is 0.333. The number of oxazole rings is 1. The summed E-state index contributed by atoms with van der Waals surface area (Å²) >= 11 is 0. The van der Waals surface area contributed by atoms with E-state index < -0.39 is 11.8 Å². The van der Waals surface area contributed by atoms with Crippen molar-refractivity contribution in [1.82, 2.24) is 15.5 Å². The van der Waals surface area contributed by atoms with Gasteiger partial charge in [-0.05, 0) is 30.9 Å². The SMILES string of the molecule is O=C(NCC1CCN(c2nc3ccccc3o2)CC1)C(=O)Nc1ccon1. The van der Waals surface area contributed by atoms with E-state index in [-0.39, 0.29) is 5.82 Å². The molecule has 0 saturated carbocycles. The van der Waals surface area contributed by atoms with E-state index in [0.717, 1.165) is 37.0 Å². The first-order valence-corrected chi connectivity index (χ1v) is 8.79. The average Bonchev–Trinajstić information content (AvgIpc) is 3.35. The van der Waals surface area contributed by atoms with Crippen molar-refractivity contribution in [3.63, 3.8) is 0 Å². The molecule has 0 bridgehead atoms. The standard InChI is InChI=1S/C18H19N5O4/c24-16(17(25)21-15-7-10-26-22-15)19-11-12-5-8-23(9-6-12)18-20-13-3-1-2-4-14(13)27-18/h1-4,7,10,12H,5-6,8-9,11H2,(H,19,24)(H,21,22,25). The van der Waals surface area contributed by atoms with Crippen LogP contribution in [0.4, 0.5) is 11.8 Å². The topological polar surface area (TPSA) is 114 Å². The number of nitrogens with one attached hydrogen (secondary N) is 2. The number of piperidine rings is 1. The number of hydrogen-bond acceptors (Lipinski definition) is 7. The van der Waals surface area contributed by atoms with E-state index >= 15 is 0 Å². The minimum Gasteiger partial charge on any atom is -0.423 e. The number of anilines is 2. The fourth-order valence-electron chi connectivity index (χ4n) is 3.09. The first-order valence-electron chi connectivity index (χ1n) is 8.79. The quantitative estimate of drug-likeness (QED) is 0.674. The van der Waals surface area contributed by atoms with Crippen LogP contribution in [0, 0.1) is 5.92 Å². The van der Waals surface area contributed by atoms with Crippen LogP contribution >= 0.6 is 0 Å². The van der Waals surface area contributed by atoms with Crippen LogP contribution in [0.1, 0.15) is 12.8 Å². The number of fused-ring (bicyclic) bond motifs is 1. The molecule has 0 spiro atoms. The third-order valence-corrected chi connectivity index (χ3v) is 4.60. The summed E-state index contributed by atoms with van der Waals surface area (Å²) in [6.07, 6.45) is 3.08. The Labute approximate surface area is 154 Å². The van der Waals surface area contributed by atoms with Crippen LogP contribution in [0.5, 0.6) is 0 Å². The molecule has 1 aliphatic heterocycles. The van der Waals surface area contributed by atoms with Gasteiger partial charge in [-0.3, -0.25) is 14.9 Å². The molecule has 0 unspecified atom stereocenters. The summed E-state index contributed by atoms with van der Waals surface area (Å²) in [4.78, 5) is 30.3. The van der Waals surface area contributed by atoms with Gasteiger partial charge >= 0.3 is 11.8 Å². The predicted molar refractivity (Wildman–Crippen MR) is 97.1 cm³/mol. The number of carbonyl (C=O) groups is 2. The summed E-state index contributed by atoms with van der Waals surface area (Å²) in [7, 11) is 0. The lowest BCUT2D eigenvalue weighted by Crippen LogP contribution is -2.42. The van der Waals surface area contributed by atoms with Crippen LogP contribution in [0.2, 0.25) is 0 Å². The van der Waals surface area contributed by atoms with Gasteiger partial charge in [0.05, 0.1) is 0 Å². The second-order valence-electron chi connectivity index (χ2n) is 6.44. The van der Waals surface area contributed by atoms with Gasteiger partial charge in [0.25, 0.3) is 6.01 Å².